The summed E-state index contributed by atoms with van der Waals surface area (Å²) in [5, 5.41) is 3.92. The summed E-state index contributed by atoms with van der Waals surface area (Å²) in [4.78, 5) is 30.6. The van der Waals surface area contributed by atoms with E-state index >= 15 is 0 Å². The Bertz CT molecular complexity index is 817. The van der Waals surface area contributed by atoms with Crippen LogP contribution >= 0.6 is 0 Å². The molecule has 2 saturated heterocycles. The van der Waals surface area contributed by atoms with Crippen molar-refractivity contribution < 1.29 is 9.59 Å². The fourth-order valence-electron chi connectivity index (χ4n) is 3.75. The standard InChI is InChI=1S/C18H19N3O2/c1-12-4-6-19-15-3-2-13(8-14(12)15)17(23)21-7-5-18(11-21)9-16(22)20-10-18/h2-4,6,8H,5,7,9-11H2,1H3,(H,20,22)/t18-/m0/s1. The van der Waals surface area contributed by atoms with Gasteiger partial charge in [0.1, 0.15) is 0 Å². The SMILES string of the molecule is Cc1ccnc2ccc(C(=O)N3CC[C@]4(CNC(=O)C4)C3)cc12. The number of amides is 2. The first-order valence-electron chi connectivity index (χ1n) is 7.98. The van der Waals surface area contributed by atoms with Crippen LogP contribution in [0.1, 0.15) is 28.8 Å². The van der Waals surface area contributed by atoms with Gasteiger partial charge in [0.25, 0.3) is 5.91 Å². The van der Waals surface area contributed by atoms with E-state index in [2.05, 4.69) is 10.3 Å². The van der Waals surface area contributed by atoms with Gasteiger partial charge in [-0.1, -0.05) is 0 Å². The van der Waals surface area contributed by atoms with Crippen LogP contribution in [0.2, 0.25) is 0 Å². The van der Waals surface area contributed by atoms with Crippen LogP contribution in [0.3, 0.4) is 0 Å². The Hall–Kier alpha value is -2.43. The molecule has 118 valence electrons. The summed E-state index contributed by atoms with van der Waals surface area (Å²) in [7, 11) is 0. The Morgan fingerprint density at radius 2 is 2.22 bits per heavy atom. The van der Waals surface area contributed by atoms with Gasteiger partial charge in [-0.3, -0.25) is 14.6 Å². The number of carbonyl (C=O) groups excluding carboxylic acids is 2. The summed E-state index contributed by atoms with van der Waals surface area (Å²) >= 11 is 0. The van der Waals surface area contributed by atoms with Crippen molar-refractivity contribution in [2.75, 3.05) is 19.6 Å². The maximum absolute atomic E-state index is 12.8. The molecule has 2 aliphatic heterocycles. The molecule has 0 saturated carbocycles. The number of carbonyl (C=O) groups is 2. The normalized spacial score (nSPS) is 23.7. The van der Waals surface area contributed by atoms with Crippen LogP contribution in [0.5, 0.6) is 0 Å². The largest absolute Gasteiger partial charge is 0.355 e. The molecule has 2 aliphatic rings. The van der Waals surface area contributed by atoms with Crippen LogP contribution < -0.4 is 5.32 Å². The van der Waals surface area contributed by atoms with Gasteiger partial charge in [0.05, 0.1) is 5.52 Å². The van der Waals surface area contributed by atoms with Crippen LogP contribution in [0.4, 0.5) is 0 Å². The number of hydrogen-bond acceptors (Lipinski definition) is 3. The third kappa shape index (κ3) is 2.36. The Balaban J connectivity index is 1.60. The Labute approximate surface area is 134 Å². The van der Waals surface area contributed by atoms with Crippen LogP contribution in [-0.4, -0.2) is 41.3 Å². The lowest BCUT2D eigenvalue weighted by molar-refractivity contribution is -0.119. The summed E-state index contributed by atoms with van der Waals surface area (Å²) in [5.41, 5.74) is 2.67. The Morgan fingerprint density at radius 3 is 3.00 bits per heavy atom. The van der Waals surface area contributed by atoms with Gasteiger partial charge in [-0.05, 0) is 43.2 Å². The van der Waals surface area contributed by atoms with Gasteiger partial charge < -0.3 is 10.2 Å². The highest BCUT2D eigenvalue weighted by atomic mass is 16.2. The number of benzene rings is 1. The van der Waals surface area contributed by atoms with Gasteiger partial charge in [-0.25, -0.2) is 0 Å². The second kappa shape index (κ2) is 5.05. The highest BCUT2D eigenvalue weighted by Crippen LogP contribution is 2.37. The number of likely N-dealkylation sites (tertiary alicyclic amines) is 1. The van der Waals surface area contributed by atoms with Crippen LogP contribution in [0.15, 0.2) is 30.5 Å². The Morgan fingerprint density at radius 1 is 1.35 bits per heavy atom. The first kappa shape index (κ1) is 14.2. The smallest absolute Gasteiger partial charge is 0.253 e. The van der Waals surface area contributed by atoms with Crippen molar-refractivity contribution in [1.82, 2.24) is 15.2 Å². The molecule has 2 aromatic rings. The molecule has 1 atom stereocenters. The van der Waals surface area contributed by atoms with Crippen molar-refractivity contribution in [3.63, 3.8) is 0 Å². The van der Waals surface area contributed by atoms with Crippen molar-refractivity contribution in [2.24, 2.45) is 5.41 Å². The van der Waals surface area contributed by atoms with E-state index in [-0.39, 0.29) is 17.2 Å². The molecule has 1 N–H and O–H groups in total. The maximum Gasteiger partial charge on any atom is 0.253 e. The van der Waals surface area contributed by atoms with E-state index in [1.165, 1.54) is 0 Å². The fraction of sp³-hybridized carbons (Fsp3) is 0.389. The van der Waals surface area contributed by atoms with E-state index in [0.29, 0.717) is 25.1 Å². The minimum Gasteiger partial charge on any atom is -0.355 e. The molecule has 5 heteroatoms. The van der Waals surface area contributed by atoms with E-state index in [1.54, 1.807) is 6.20 Å². The average molecular weight is 309 g/mol. The number of aromatic nitrogens is 1. The number of aryl methyl sites for hydroxylation is 1. The van der Waals surface area contributed by atoms with Crippen molar-refractivity contribution in [3.8, 4) is 0 Å². The third-order valence-electron chi connectivity index (χ3n) is 5.13. The minimum atomic E-state index is -0.0545. The van der Waals surface area contributed by atoms with Gasteiger partial charge >= 0.3 is 0 Å². The first-order chi connectivity index (χ1) is 11.1. The minimum absolute atomic E-state index is 0.0476. The second-order valence-corrected chi connectivity index (χ2v) is 6.79. The molecule has 23 heavy (non-hydrogen) atoms. The molecule has 2 amide bonds. The molecular formula is C18H19N3O2. The van der Waals surface area contributed by atoms with Gasteiger partial charge in [0.15, 0.2) is 0 Å². The van der Waals surface area contributed by atoms with Crippen LogP contribution in [0.25, 0.3) is 10.9 Å². The molecule has 0 unspecified atom stereocenters. The zero-order chi connectivity index (χ0) is 16.0. The first-order valence-corrected chi connectivity index (χ1v) is 7.98. The second-order valence-electron chi connectivity index (χ2n) is 6.79. The predicted octanol–water partition coefficient (Wildman–Crippen LogP) is 1.90. The summed E-state index contributed by atoms with van der Waals surface area (Å²) < 4.78 is 0. The maximum atomic E-state index is 12.8. The van der Waals surface area contributed by atoms with Crippen LogP contribution in [0, 0.1) is 12.3 Å². The lowest BCUT2D eigenvalue weighted by atomic mass is 9.86. The number of pyridine rings is 1. The van der Waals surface area contributed by atoms with Gasteiger partial charge in [-0.15, -0.1) is 0 Å². The van der Waals surface area contributed by atoms with E-state index in [0.717, 1.165) is 29.4 Å². The average Bonchev–Trinajstić information content (AvgIpc) is 3.13. The molecule has 5 nitrogen and oxygen atoms in total. The number of fused-ring (bicyclic) bond motifs is 1. The monoisotopic (exact) mass is 309 g/mol. The van der Waals surface area contributed by atoms with E-state index in [1.807, 2.05) is 36.1 Å². The Kier molecular flexibility index (Phi) is 3.11. The van der Waals surface area contributed by atoms with Crippen molar-refractivity contribution >= 4 is 22.7 Å². The van der Waals surface area contributed by atoms with Gasteiger partial charge in [-0.2, -0.15) is 0 Å². The number of hydrogen-bond donors (Lipinski definition) is 1. The molecular weight excluding hydrogens is 290 g/mol. The topological polar surface area (TPSA) is 62.3 Å². The molecule has 1 aromatic heterocycles. The van der Waals surface area contributed by atoms with Crippen molar-refractivity contribution in [3.05, 3.63) is 41.6 Å². The van der Waals surface area contributed by atoms with E-state index in [4.69, 9.17) is 0 Å². The quantitative estimate of drug-likeness (QED) is 0.875. The lowest BCUT2D eigenvalue weighted by Crippen LogP contribution is -2.33. The van der Waals surface area contributed by atoms with Crippen molar-refractivity contribution in [2.45, 2.75) is 19.8 Å². The molecule has 1 spiro atoms. The third-order valence-corrected chi connectivity index (χ3v) is 5.13. The van der Waals surface area contributed by atoms with Gasteiger partial charge in [0, 0.05) is 48.6 Å². The van der Waals surface area contributed by atoms with E-state index < -0.39 is 0 Å². The highest BCUT2D eigenvalue weighted by Gasteiger charge is 2.45. The molecule has 0 bridgehead atoms. The molecule has 0 radical (unpaired) electrons. The van der Waals surface area contributed by atoms with Crippen molar-refractivity contribution in [1.29, 1.82) is 0 Å². The molecule has 1 aromatic carbocycles. The van der Waals surface area contributed by atoms with Gasteiger partial charge in [0.2, 0.25) is 5.91 Å². The molecule has 3 heterocycles. The lowest BCUT2D eigenvalue weighted by Gasteiger charge is -2.22. The number of rotatable bonds is 1. The zero-order valence-corrected chi connectivity index (χ0v) is 13.1. The fourth-order valence-corrected chi connectivity index (χ4v) is 3.75. The molecule has 4 rings (SSSR count). The number of nitrogens with one attached hydrogen (secondary N) is 1. The predicted molar refractivity (Wildman–Crippen MR) is 87.1 cm³/mol. The summed E-state index contributed by atoms with van der Waals surface area (Å²) in [6.45, 7) is 4.10. The molecule has 0 aliphatic carbocycles. The summed E-state index contributed by atoms with van der Waals surface area (Å²) in [5.74, 6) is 0.151. The summed E-state index contributed by atoms with van der Waals surface area (Å²) in [6, 6.07) is 7.64. The molecule has 2 fully saturated rings. The van der Waals surface area contributed by atoms with Crippen LogP contribution in [-0.2, 0) is 4.79 Å². The highest BCUT2D eigenvalue weighted by molar-refractivity contribution is 5.98. The summed E-state index contributed by atoms with van der Waals surface area (Å²) in [6.07, 6.45) is 3.22. The number of nitrogens with zero attached hydrogens (tertiary/aromatic N) is 2. The van der Waals surface area contributed by atoms with E-state index in [9.17, 15) is 9.59 Å². The zero-order valence-electron chi connectivity index (χ0n) is 13.1.